The van der Waals surface area contributed by atoms with Crippen LogP contribution >= 0.6 is 11.6 Å². The van der Waals surface area contributed by atoms with Crippen molar-refractivity contribution in [3.63, 3.8) is 0 Å². The first kappa shape index (κ1) is 10.9. The maximum Gasteiger partial charge on any atom is 0.152 e. The number of aromatic hydroxyl groups is 1. The first-order valence-corrected chi connectivity index (χ1v) is 5.28. The molecule has 1 aromatic heterocycles. The fourth-order valence-corrected chi connectivity index (χ4v) is 1.68. The van der Waals surface area contributed by atoms with Gasteiger partial charge in [0.15, 0.2) is 11.6 Å². The van der Waals surface area contributed by atoms with E-state index in [1.807, 2.05) is 6.07 Å². The third-order valence-electron chi connectivity index (χ3n) is 2.19. The highest BCUT2D eigenvalue weighted by atomic mass is 35.5. The Morgan fingerprint density at radius 3 is 2.69 bits per heavy atom. The molecule has 0 saturated heterocycles. The second kappa shape index (κ2) is 4.51. The maximum atomic E-state index is 9.42. The van der Waals surface area contributed by atoms with E-state index in [4.69, 9.17) is 17.3 Å². The van der Waals surface area contributed by atoms with Gasteiger partial charge >= 0.3 is 0 Å². The van der Waals surface area contributed by atoms with Gasteiger partial charge < -0.3 is 10.8 Å². The van der Waals surface area contributed by atoms with E-state index in [-0.39, 0.29) is 18.2 Å². The highest BCUT2D eigenvalue weighted by Gasteiger charge is 2.11. The quantitative estimate of drug-likeness (QED) is 0.787. The summed E-state index contributed by atoms with van der Waals surface area (Å²) in [6.45, 7) is 0.263. The number of hydrogen-bond donors (Lipinski definition) is 2. The number of hydrogen-bond acceptors (Lipinski definition) is 4. The Kier molecular flexibility index (Phi) is 3.07. The molecule has 0 aliphatic rings. The summed E-state index contributed by atoms with van der Waals surface area (Å²) >= 11 is 5.77. The van der Waals surface area contributed by atoms with Crippen LogP contribution in [0, 0.1) is 0 Å². The van der Waals surface area contributed by atoms with Crippen molar-refractivity contribution in [3.8, 4) is 11.4 Å². The highest BCUT2D eigenvalue weighted by Crippen LogP contribution is 2.18. The summed E-state index contributed by atoms with van der Waals surface area (Å²) in [5.74, 6) is 1.63. The van der Waals surface area contributed by atoms with Gasteiger partial charge in [-0.1, -0.05) is 6.07 Å². The molecule has 5 nitrogen and oxygen atoms in total. The molecule has 84 valence electrons. The molecule has 0 aliphatic heterocycles. The average Bonchev–Trinajstić information content (AvgIpc) is 2.71. The number of alkyl halides is 1. The largest absolute Gasteiger partial charge is 0.508 e. The second-order valence-corrected chi connectivity index (χ2v) is 3.49. The topological polar surface area (TPSA) is 77.0 Å². The van der Waals surface area contributed by atoms with Gasteiger partial charge in [-0.3, -0.25) is 4.57 Å². The van der Waals surface area contributed by atoms with E-state index in [0.717, 1.165) is 5.69 Å². The molecular formula is C10H11ClN4O. The first-order chi connectivity index (χ1) is 7.76. The summed E-state index contributed by atoms with van der Waals surface area (Å²) in [7, 11) is 0. The predicted octanol–water partition coefficient (Wildman–Crippen LogP) is 1.17. The normalized spacial score (nSPS) is 10.6. The van der Waals surface area contributed by atoms with Crippen LogP contribution in [-0.4, -0.2) is 19.9 Å². The number of rotatable bonds is 3. The van der Waals surface area contributed by atoms with Crippen LogP contribution in [0.1, 0.15) is 11.6 Å². The predicted molar refractivity (Wildman–Crippen MR) is 60.5 cm³/mol. The van der Waals surface area contributed by atoms with Crippen molar-refractivity contribution in [2.75, 3.05) is 0 Å². The van der Waals surface area contributed by atoms with E-state index in [9.17, 15) is 5.11 Å². The highest BCUT2D eigenvalue weighted by molar-refractivity contribution is 6.16. The first-order valence-electron chi connectivity index (χ1n) is 4.75. The number of aromatic nitrogens is 3. The molecule has 3 N–H and O–H groups in total. The van der Waals surface area contributed by atoms with Crippen LogP contribution in [0.4, 0.5) is 0 Å². The van der Waals surface area contributed by atoms with Crippen molar-refractivity contribution >= 4 is 11.6 Å². The molecule has 2 aromatic rings. The van der Waals surface area contributed by atoms with Crippen molar-refractivity contribution in [2.24, 2.45) is 5.73 Å². The third kappa shape index (κ3) is 1.87. The van der Waals surface area contributed by atoms with Gasteiger partial charge in [0.2, 0.25) is 0 Å². The van der Waals surface area contributed by atoms with E-state index in [0.29, 0.717) is 11.6 Å². The van der Waals surface area contributed by atoms with Gasteiger partial charge in [0.05, 0.1) is 18.1 Å². The smallest absolute Gasteiger partial charge is 0.152 e. The van der Waals surface area contributed by atoms with Crippen LogP contribution in [0.5, 0.6) is 5.75 Å². The maximum absolute atomic E-state index is 9.42. The molecule has 0 spiro atoms. The van der Waals surface area contributed by atoms with E-state index >= 15 is 0 Å². The molecule has 0 aliphatic carbocycles. The zero-order chi connectivity index (χ0) is 11.5. The minimum absolute atomic E-state index is 0.176. The van der Waals surface area contributed by atoms with Crippen molar-refractivity contribution in [1.29, 1.82) is 0 Å². The van der Waals surface area contributed by atoms with E-state index < -0.39 is 0 Å². The minimum atomic E-state index is 0.176. The van der Waals surface area contributed by atoms with Gasteiger partial charge in [-0.05, 0) is 12.1 Å². The molecule has 0 amide bonds. The van der Waals surface area contributed by atoms with Crippen molar-refractivity contribution in [2.45, 2.75) is 12.4 Å². The SMILES string of the molecule is NCc1nnc(CCl)n1-c1cccc(O)c1. The van der Waals surface area contributed by atoms with Crippen molar-refractivity contribution in [1.82, 2.24) is 14.8 Å². The average molecular weight is 239 g/mol. The van der Waals surface area contributed by atoms with Gasteiger partial charge in [0, 0.05) is 6.07 Å². The Balaban J connectivity index is 2.57. The molecule has 0 fully saturated rings. The van der Waals surface area contributed by atoms with Crippen LogP contribution in [-0.2, 0) is 12.4 Å². The Labute approximate surface area is 97.5 Å². The van der Waals surface area contributed by atoms with E-state index in [1.165, 1.54) is 0 Å². The summed E-state index contributed by atoms with van der Waals surface area (Å²) in [5, 5.41) is 17.3. The molecule has 0 bridgehead atoms. The monoisotopic (exact) mass is 238 g/mol. The Bertz CT molecular complexity index is 476. The van der Waals surface area contributed by atoms with Gasteiger partial charge in [-0.25, -0.2) is 0 Å². The summed E-state index contributed by atoms with van der Waals surface area (Å²) < 4.78 is 1.74. The van der Waals surface area contributed by atoms with Crippen LogP contribution in [0.25, 0.3) is 5.69 Å². The lowest BCUT2D eigenvalue weighted by Crippen LogP contribution is -2.08. The molecule has 0 saturated carbocycles. The molecule has 2 rings (SSSR count). The standard InChI is InChI=1S/C10H11ClN4O/c11-5-9-13-14-10(6-12)15(9)7-2-1-3-8(16)4-7/h1-4,16H,5-6,12H2. The number of phenols is 1. The zero-order valence-corrected chi connectivity index (χ0v) is 9.22. The molecule has 1 aromatic carbocycles. The van der Waals surface area contributed by atoms with Crippen LogP contribution in [0.3, 0.4) is 0 Å². The molecular weight excluding hydrogens is 228 g/mol. The lowest BCUT2D eigenvalue weighted by molar-refractivity contribution is 0.475. The number of halogens is 1. The van der Waals surface area contributed by atoms with Gasteiger partial charge in [-0.2, -0.15) is 0 Å². The van der Waals surface area contributed by atoms with Gasteiger partial charge in [0.1, 0.15) is 5.75 Å². The number of benzene rings is 1. The fraction of sp³-hybridized carbons (Fsp3) is 0.200. The zero-order valence-electron chi connectivity index (χ0n) is 8.47. The number of phenolic OH excluding ortho intramolecular Hbond substituents is 1. The van der Waals surface area contributed by atoms with Crippen molar-refractivity contribution in [3.05, 3.63) is 35.9 Å². The molecule has 0 unspecified atom stereocenters. The summed E-state index contributed by atoms with van der Waals surface area (Å²) in [5.41, 5.74) is 6.32. The molecule has 16 heavy (non-hydrogen) atoms. The van der Waals surface area contributed by atoms with Crippen LogP contribution in [0.2, 0.25) is 0 Å². The Morgan fingerprint density at radius 1 is 1.31 bits per heavy atom. The Hall–Kier alpha value is -1.59. The van der Waals surface area contributed by atoms with Gasteiger partial charge in [-0.15, -0.1) is 21.8 Å². The van der Waals surface area contributed by atoms with Crippen LogP contribution in [0.15, 0.2) is 24.3 Å². The minimum Gasteiger partial charge on any atom is -0.508 e. The Morgan fingerprint density at radius 2 is 2.06 bits per heavy atom. The fourth-order valence-electron chi connectivity index (χ4n) is 1.50. The molecule has 1 heterocycles. The second-order valence-electron chi connectivity index (χ2n) is 3.23. The van der Waals surface area contributed by atoms with E-state index in [2.05, 4.69) is 10.2 Å². The van der Waals surface area contributed by atoms with Gasteiger partial charge in [0.25, 0.3) is 0 Å². The van der Waals surface area contributed by atoms with Crippen LogP contribution < -0.4 is 5.73 Å². The lowest BCUT2D eigenvalue weighted by Gasteiger charge is -2.08. The number of nitrogens with zero attached hydrogens (tertiary/aromatic N) is 3. The summed E-state index contributed by atoms with van der Waals surface area (Å²) in [6, 6.07) is 6.77. The summed E-state index contributed by atoms with van der Waals surface area (Å²) in [4.78, 5) is 0. The molecule has 0 radical (unpaired) electrons. The van der Waals surface area contributed by atoms with Crippen molar-refractivity contribution < 1.29 is 5.11 Å². The molecule has 0 atom stereocenters. The number of nitrogens with two attached hydrogens (primary N) is 1. The lowest BCUT2D eigenvalue weighted by atomic mass is 10.3. The third-order valence-corrected chi connectivity index (χ3v) is 2.43. The molecule has 6 heteroatoms. The summed E-state index contributed by atoms with van der Waals surface area (Å²) in [6.07, 6.45) is 0. The van der Waals surface area contributed by atoms with E-state index in [1.54, 1.807) is 22.8 Å².